The first-order valence-corrected chi connectivity index (χ1v) is 16.0. The molecule has 4 nitrogen and oxygen atoms in total. The Bertz CT molecular complexity index is 2320. The topological polar surface area (TPSA) is 43.6 Å². The molecule has 4 heteroatoms. The summed E-state index contributed by atoms with van der Waals surface area (Å²) in [6.07, 6.45) is 14.4. The minimum absolute atomic E-state index is 0.0234. The largest absolute Gasteiger partial charge is 0.313 e. The molecule has 0 spiro atoms. The van der Waals surface area contributed by atoms with Gasteiger partial charge in [0.2, 0.25) is 0 Å². The fourth-order valence-corrected chi connectivity index (χ4v) is 7.50. The second-order valence-electron chi connectivity index (χ2n) is 12.9. The van der Waals surface area contributed by atoms with E-state index in [4.69, 9.17) is 9.97 Å². The molecule has 0 saturated carbocycles. The molecule has 0 N–H and O–H groups in total. The van der Waals surface area contributed by atoms with Gasteiger partial charge >= 0.3 is 0 Å². The Balaban J connectivity index is 0.998. The summed E-state index contributed by atoms with van der Waals surface area (Å²) in [5.41, 5.74) is 16.6. The summed E-state index contributed by atoms with van der Waals surface area (Å²) >= 11 is 0. The van der Waals surface area contributed by atoms with E-state index in [1.807, 2.05) is 24.8 Å². The summed E-state index contributed by atoms with van der Waals surface area (Å²) in [5.74, 6) is 0. The second-order valence-corrected chi connectivity index (χ2v) is 12.9. The van der Waals surface area contributed by atoms with Crippen molar-refractivity contribution in [2.75, 3.05) is 0 Å². The number of pyridine rings is 3. The number of hydrogen-bond donors (Lipinski definition) is 0. The third-order valence-corrected chi connectivity index (χ3v) is 9.89. The molecule has 4 heterocycles. The number of hydrogen-bond acceptors (Lipinski definition) is 3. The van der Waals surface area contributed by atoms with Crippen LogP contribution in [0.3, 0.4) is 0 Å². The van der Waals surface area contributed by atoms with Gasteiger partial charge in [-0.3, -0.25) is 15.0 Å². The summed E-state index contributed by atoms with van der Waals surface area (Å²) in [6, 6.07) is 34.9. The van der Waals surface area contributed by atoms with Crippen molar-refractivity contribution in [1.29, 1.82) is 0 Å². The molecule has 4 aromatic heterocycles. The normalized spacial score (nSPS) is 14.2. The summed E-state index contributed by atoms with van der Waals surface area (Å²) in [5, 5.41) is 1.20. The molecule has 2 aliphatic rings. The van der Waals surface area contributed by atoms with Gasteiger partial charge in [0, 0.05) is 63.7 Å². The average Bonchev–Trinajstić information content (AvgIpc) is 3.57. The Labute approximate surface area is 268 Å². The monoisotopic (exact) mass is 592 g/mol. The molecule has 0 aliphatic heterocycles. The molecule has 0 bridgehead atoms. The third-order valence-electron chi connectivity index (χ3n) is 9.89. The van der Waals surface area contributed by atoms with Crippen molar-refractivity contribution in [2.24, 2.45) is 0 Å². The van der Waals surface area contributed by atoms with E-state index in [-0.39, 0.29) is 5.41 Å². The highest BCUT2D eigenvalue weighted by Gasteiger charge is 2.35. The van der Waals surface area contributed by atoms with Crippen LogP contribution in [0.15, 0.2) is 128 Å². The Morgan fingerprint density at radius 2 is 1.39 bits per heavy atom. The zero-order valence-corrected chi connectivity index (χ0v) is 25.9. The van der Waals surface area contributed by atoms with Crippen LogP contribution >= 0.6 is 0 Å². The van der Waals surface area contributed by atoms with Crippen LogP contribution in [0.1, 0.15) is 42.7 Å². The lowest BCUT2D eigenvalue weighted by atomic mass is 9.81. The first-order valence-electron chi connectivity index (χ1n) is 16.0. The average molecular weight is 593 g/mol. The molecule has 0 unspecified atom stereocenters. The number of aromatic nitrogens is 4. The maximum atomic E-state index is 4.84. The second kappa shape index (κ2) is 10.2. The Morgan fingerprint density at radius 1 is 0.652 bits per heavy atom. The SMILES string of the molecule is CC1(C)c2ccccc2-c2ccc(-c3ccc(-c4ccc(-c5cccc(-n6c7c(c8cnccc86)C=CCC7)c5)cn4)nc3)cc21. The smallest absolute Gasteiger partial charge is 0.0886 e. The summed E-state index contributed by atoms with van der Waals surface area (Å²) in [4.78, 5) is 14.1. The van der Waals surface area contributed by atoms with E-state index < -0.39 is 0 Å². The Hall–Kier alpha value is -5.61. The highest BCUT2D eigenvalue weighted by molar-refractivity contribution is 5.93. The molecule has 220 valence electrons. The van der Waals surface area contributed by atoms with Crippen molar-refractivity contribution in [3.8, 4) is 50.5 Å². The zero-order chi connectivity index (χ0) is 30.8. The van der Waals surface area contributed by atoms with Gasteiger partial charge in [0.25, 0.3) is 0 Å². The number of allylic oxidation sites excluding steroid dienone is 1. The van der Waals surface area contributed by atoms with Gasteiger partial charge in [-0.1, -0.05) is 86.7 Å². The van der Waals surface area contributed by atoms with Gasteiger partial charge in [0.1, 0.15) is 0 Å². The zero-order valence-electron chi connectivity index (χ0n) is 25.9. The van der Waals surface area contributed by atoms with Crippen LogP contribution in [0.4, 0.5) is 0 Å². The van der Waals surface area contributed by atoms with E-state index in [1.165, 1.54) is 50.0 Å². The Morgan fingerprint density at radius 3 is 2.17 bits per heavy atom. The molecule has 7 aromatic rings. The predicted molar refractivity (Wildman–Crippen MR) is 188 cm³/mol. The van der Waals surface area contributed by atoms with Gasteiger partial charge in [0.15, 0.2) is 0 Å². The van der Waals surface area contributed by atoms with E-state index in [1.54, 1.807) is 0 Å². The van der Waals surface area contributed by atoms with E-state index in [0.717, 1.165) is 46.6 Å². The summed E-state index contributed by atoms with van der Waals surface area (Å²) in [7, 11) is 0. The third kappa shape index (κ3) is 4.10. The van der Waals surface area contributed by atoms with Crippen LogP contribution in [0.5, 0.6) is 0 Å². The lowest BCUT2D eigenvalue weighted by Crippen LogP contribution is -2.14. The van der Waals surface area contributed by atoms with Gasteiger partial charge in [-0.15, -0.1) is 0 Å². The maximum absolute atomic E-state index is 4.84. The summed E-state index contributed by atoms with van der Waals surface area (Å²) in [6.45, 7) is 4.64. The maximum Gasteiger partial charge on any atom is 0.0886 e. The summed E-state index contributed by atoms with van der Waals surface area (Å²) < 4.78 is 2.40. The number of benzene rings is 3. The minimum Gasteiger partial charge on any atom is -0.313 e. The Kier molecular flexibility index (Phi) is 5.94. The molecule has 0 saturated heterocycles. The minimum atomic E-state index is -0.0234. The van der Waals surface area contributed by atoms with Crippen LogP contribution < -0.4 is 0 Å². The van der Waals surface area contributed by atoms with Gasteiger partial charge in [-0.2, -0.15) is 0 Å². The molecule has 46 heavy (non-hydrogen) atoms. The number of fused-ring (bicyclic) bond motifs is 6. The van der Waals surface area contributed by atoms with E-state index in [9.17, 15) is 0 Å². The van der Waals surface area contributed by atoms with Gasteiger partial charge in [-0.05, 0) is 82.6 Å². The van der Waals surface area contributed by atoms with Crippen molar-refractivity contribution in [1.82, 2.24) is 19.5 Å². The standard InChI is InChI=1S/C42H32N4/c1-42(2)36-12-5-3-10-32(36)33-17-14-28(23-37(33)42)30-16-19-39(45-25-30)38-18-15-29(24-44-38)27-8-7-9-31(22-27)46-40-13-6-4-11-34(40)35-26-43-21-20-41(35)46/h3-5,7-12,14-26H,6,13H2,1-2H3. The fourth-order valence-electron chi connectivity index (χ4n) is 7.50. The van der Waals surface area contributed by atoms with Crippen LogP contribution in [0.2, 0.25) is 0 Å². The van der Waals surface area contributed by atoms with Crippen molar-refractivity contribution < 1.29 is 0 Å². The molecule has 3 aromatic carbocycles. The molecule has 2 aliphatic carbocycles. The molecule has 9 rings (SSSR count). The highest BCUT2D eigenvalue weighted by atomic mass is 15.0. The molecular formula is C42H32N4. The van der Waals surface area contributed by atoms with Gasteiger partial charge < -0.3 is 4.57 Å². The van der Waals surface area contributed by atoms with E-state index >= 15 is 0 Å². The highest BCUT2D eigenvalue weighted by Crippen LogP contribution is 2.49. The number of rotatable bonds is 4. The quantitative estimate of drug-likeness (QED) is 0.204. The van der Waals surface area contributed by atoms with Crippen molar-refractivity contribution in [2.45, 2.75) is 32.1 Å². The van der Waals surface area contributed by atoms with Crippen LogP contribution in [0.25, 0.3) is 67.4 Å². The van der Waals surface area contributed by atoms with Crippen molar-refractivity contribution >= 4 is 17.0 Å². The van der Waals surface area contributed by atoms with Crippen LogP contribution in [-0.4, -0.2) is 19.5 Å². The van der Waals surface area contributed by atoms with Crippen LogP contribution in [0, 0.1) is 0 Å². The van der Waals surface area contributed by atoms with E-state index in [0.29, 0.717) is 0 Å². The predicted octanol–water partition coefficient (Wildman–Crippen LogP) is 10.1. The van der Waals surface area contributed by atoms with Gasteiger partial charge in [0.05, 0.1) is 16.9 Å². The molecule has 0 fully saturated rings. The fraction of sp³-hybridized carbons (Fsp3) is 0.119. The first-order chi connectivity index (χ1) is 22.6. The van der Waals surface area contributed by atoms with Gasteiger partial charge in [-0.25, -0.2) is 0 Å². The van der Waals surface area contributed by atoms with Crippen molar-refractivity contribution in [3.63, 3.8) is 0 Å². The first kappa shape index (κ1) is 26.8. The lowest BCUT2D eigenvalue weighted by Gasteiger charge is -2.22. The lowest BCUT2D eigenvalue weighted by molar-refractivity contribution is 0.660. The molecular weight excluding hydrogens is 560 g/mol. The number of nitrogens with zero attached hydrogens (tertiary/aromatic N) is 4. The van der Waals surface area contributed by atoms with E-state index in [2.05, 4.69) is 133 Å². The molecule has 0 amide bonds. The molecule has 0 atom stereocenters. The van der Waals surface area contributed by atoms with Crippen LogP contribution in [-0.2, 0) is 11.8 Å². The van der Waals surface area contributed by atoms with Crippen molar-refractivity contribution in [3.05, 3.63) is 150 Å². The molecule has 0 radical (unpaired) electrons.